The lowest BCUT2D eigenvalue weighted by atomic mass is 9.97. The van der Waals surface area contributed by atoms with Crippen LogP contribution in [-0.4, -0.2) is 62.1 Å². The Bertz CT molecular complexity index is 378. The fourth-order valence-corrected chi connectivity index (χ4v) is 2.32. The maximum atomic E-state index is 12.0. The van der Waals surface area contributed by atoms with Crippen molar-refractivity contribution in [1.82, 2.24) is 10.2 Å². The lowest BCUT2D eigenvalue weighted by molar-refractivity contribution is -0.152. The molecule has 1 aliphatic rings. The molecule has 0 saturated carbocycles. The second-order valence-corrected chi connectivity index (χ2v) is 5.12. The van der Waals surface area contributed by atoms with Crippen LogP contribution in [0.5, 0.6) is 0 Å². The van der Waals surface area contributed by atoms with E-state index in [4.69, 9.17) is 9.47 Å². The molecule has 1 fully saturated rings. The quantitative estimate of drug-likeness (QED) is 0.416. The van der Waals surface area contributed by atoms with Gasteiger partial charge in [-0.3, -0.25) is 14.4 Å². The number of hydrogen-bond acceptors (Lipinski definition) is 5. The Balaban J connectivity index is 2.26. The van der Waals surface area contributed by atoms with Crippen molar-refractivity contribution in [3.05, 3.63) is 0 Å². The van der Waals surface area contributed by atoms with E-state index < -0.39 is 11.8 Å². The molecule has 22 heavy (non-hydrogen) atoms. The summed E-state index contributed by atoms with van der Waals surface area (Å²) < 4.78 is 10.1. The van der Waals surface area contributed by atoms with Crippen molar-refractivity contribution >= 4 is 17.8 Å². The second kappa shape index (κ2) is 10.2. The first-order chi connectivity index (χ1) is 10.6. The molecule has 1 heterocycles. The third kappa shape index (κ3) is 6.01. The summed E-state index contributed by atoms with van der Waals surface area (Å²) in [6, 6.07) is 0. The highest BCUT2D eigenvalue weighted by Crippen LogP contribution is 2.18. The van der Waals surface area contributed by atoms with E-state index in [1.165, 1.54) is 4.90 Å². The zero-order valence-corrected chi connectivity index (χ0v) is 13.4. The number of hydrogen-bond donors (Lipinski definition) is 1. The minimum atomic E-state index is -0.592. The third-order valence-corrected chi connectivity index (χ3v) is 3.55. The van der Waals surface area contributed by atoms with Gasteiger partial charge >= 0.3 is 17.8 Å². The molecule has 126 valence electrons. The van der Waals surface area contributed by atoms with Crippen molar-refractivity contribution in [2.45, 2.75) is 33.1 Å². The maximum Gasteiger partial charge on any atom is 0.311 e. The molecule has 0 radical (unpaired) electrons. The predicted molar refractivity (Wildman–Crippen MR) is 80.1 cm³/mol. The summed E-state index contributed by atoms with van der Waals surface area (Å²) in [7, 11) is 0. The Kier molecular flexibility index (Phi) is 8.50. The van der Waals surface area contributed by atoms with E-state index in [1.54, 1.807) is 6.92 Å². The van der Waals surface area contributed by atoms with Crippen molar-refractivity contribution in [1.29, 1.82) is 0 Å². The van der Waals surface area contributed by atoms with Gasteiger partial charge in [-0.2, -0.15) is 0 Å². The smallest absolute Gasteiger partial charge is 0.311 e. The van der Waals surface area contributed by atoms with Gasteiger partial charge in [0, 0.05) is 32.8 Å². The maximum absolute atomic E-state index is 12.0. The first-order valence-electron chi connectivity index (χ1n) is 7.91. The zero-order chi connectivity index (χ0) is 16.4. The molecule has 7 nitrogen and oxygen atoms in total. The molecule has 1 rings (SSSR count). The monoisotopic (exact) mass is 314 g/mol. The number of ether oxygens (including phenoxy) is 2. The Labute approximate surface area is 131 Å². The van der Waals surface area contributed by atoms with Gasteiger partial charge in [-0.05, 0) is 33.1 Å². The number of amides is 2. The molecule has 1 saturated heterocycles. The number of nitrogens with one attached hydrogen (secondary N) is 1. The minimum absolute atomic E-state index is 0.168. The highest BCUT2D eigenvalue weighted by molar-refractivity contribution is 6.35. The van der Waals surface area contributed by atoms with Crippen LogP contribution in [0.1, 0.15) is 33.1 Å². The summed E-state index contributed by atoms with van der Waals surface area (Å²) in [4.78, 5) is 36.9. The number of piperidine rings is 1. The van der Waals surface area contributed by atoms with Crippen molar-refractivity contribution < 1.29 is 23.9 Å². The van der Waals surface area contributed by atoms with E-state index in [0.717, 1.165) is 0 Å². The van der Waals surface area contributed by atoms with Crippen LogP contribution in [0.2, 0.25) is 0 Å². The number of nitrogens with zero attached hydrogens (tertiary/aromatic N) is 1. The number of carbonyl (C=O) groups excluding carboxylic acids is 3. The van der Waals surface area contributed by atoms with Crippen molar-refractivity contribution in [2.24, 2.45) is 5.92 Å². The van der Waals surface area contributed by atoms with Crippen LogP contribution < -0.4 is 5.32 Å². The molecule has 7 heteroatoms. The summed E-state index contributed by atoms with van der Waals surface area (Å²) in [5, 5.41) is 2.59. The highest BCUT2D eigenvalue weighted by Gasteiger charge is 2.30. The van der Waals surface area contributed by atoms with E-state index in [9.17, 15) is 14.4 Å². The average Bonchev–Trinajstić information content (AvgIpc) is 2.54. The molecule has 0 aromatic carbocycles. The fraction of sp³-hybridized carbons (Fsp3) is 0.800. The topological polar surface area (TPSA) is 84.9 Å². The zero-order valence-electron chi connectivity index (χ0n) is 13.4. The summed E-state index contributed by atoms with van der Waals surface area (Å²) in [5.74, 6) is -1.50. The second-order valence-electron chi connectivity index (χ2n) is 5.12. The molecule has 0 aromatic heterocycles. The van der Waals surface area contributed by atoms with Gasteiger partial charge in [0.05, 0.1) is 12.5 Å². The molecule has 0 aliphatic carbocycles. The van der Waals surface area contributed by atoms with E-state index in [0.29, 0.717) is 58.7 Å². The van der Waals surface area contributed by atoms with Crippen LogP contribution in [-0.2, 0) is 23.9 Å². The van der Waals surface area contributed by atoms with E-state index in [-0.39, 0.29) is 11.9 Å². The Morgan fingerprint density at radius 2 is 1.82 bits per heavy atom. The van der Waals surface area contributed by atoms with Crippen LogP contribution in [0.4, 0.5) is 0 Å². The minimum Gasteiger partial charge on any atom is -0.466 e. The van der Waals surface area contributed by atoms with Crippen molar-refractivity contribution in [3.8, 4) is 0 Å². The van der Waals surface area contributed by atoms with Crippen molar-refractivity contribution in [3.63, 3.8) is 0 Å². The van der Waals surface area contributed by atoms with Gasteiger partial charge in [0.25, 0.3) is 0 Å². The Morgan fingerprint density at radius 1 is 1.14 bits per heavy atom. The lowest BCUT2D eigenvalue weighted by Crippen LogP contribution is -2.47. The van der Waals surface area contributed by atoms with Gasteiger partial charge < -0.3 is 19.7 Å². The molecule has 1 N–H and O–H groups in total. The Morgan fingerprint density at radius 3 is 2.41 bits per heavy atom. The first-order valence-corrected chi connectivity index (χ1v) is 7.91. The molecule has 0 atom stereocenters. The van der Waals surface area contributed by atoms with Crippen LogP contribution in [0.15, 0.2) is 0 Å². The van der Waals surface area contributed by atoms with Gasteiger partial charge in [0.1, 0.15) is 0 Å². The summed E-state index contributed by atoms with van der Waals surface area (Å²) in [6.45, 7) is 6.49. The average molecular weight is 314 g/mol. The summed E-state index contributed by atoms with van der Waals surface area (Å²) in [6.07, 6.45) is 1.77. The molecule has 0 bridgehead atoms. The molecule has 0 spiro atoms. The molecule has 0 unspecified atom stereocenters. The summed E-state index contributed by atoms with van der Waals surface area (Å²) >= 11 is 0. The molecular weight excluding hydrogens is 288 g/mol. The predicted octanol–water partition coefficient (Wildman–Crippen LogP) is 0.331. The van der Waals surface area contributed by atoms with Gasteiger partial charge in [-0.1, -0.05) is 0 Å². The summed E-state index contributed by atoms with van der Waals surface area (Å²) in [5.41, 5.74) is 0. The Hall–Kier alpha value is -1.63. The van der Waals surface area contributed by atoms with Crippen molar-refractivity contribution in [2.75, 3.05) is 39.5 Å². The third-order valence-electron chi connectivity index (χ3n) is 3.55. The first kappa shape index (κ1) is 18.4. The van der Waals surface area contributed by atoms with Crippen LogP contribution in [0.25, 0.3) is 0 Å². The normalized spacial score (nSPS) is 15.5. The van der Waals surface area contributed by atoms with Gasteiger partial charge in [0.15, 0.2) is 0 Å². The largest absolute Gasteiger partial charge is 0.466 e. The van der Waals surface area contributed by atoms with Gasteiger partial charge in [-0.15, -0.1) is 0 Å². The molecule has 2 amide bonds. The fourth-order valence-electron chi connectivity index (χ4n) is 2.32. The van der Waals surface area contributed by atoms with Crippen LogP contribution >= 0.6 is 0 Å². The van der Waals surface area contributed by atoms with Crippen LogP contribution in [0, 0.1) is 5.92 Å². The van der Waals surface area contributed by atoms with E-state index in [2.05, 4.69) is 5.32 Å². The molecule has 1 aliphatic heterocycles. The standard InChI is InChI=1S/C15H26N2O5/c1-3-21-11-5-8-16-13(18)14(19)17-9-6-12(7-10-17)15(20)22-4-2/h12H,3-11H2,1-2H3,(H,16,18). The van der Waals surface area contributed by atoms with Crippen LogP contribution in [0.3, 0.4) is 0 Å². The number of likely N-dealkylation sites (tertiary alicyclic amines) is 1. The van der Waals surface area contributed by atoms with E-state index in [1.807, 2.05) is 6.92 Å². The molecular formula is C15H26N2O5. The lowest BCUT2D eigenvalue weighted by Gasteiger charge is -2.30. The van der Waals surface area contributed by atoms with Gasteiger partial charge in [0.2, 0.25) is 0 Å². The number of rotatable bonds is 7. The molecule has 0 aromatic rings. The number of esters is 1. The highest BCUT2D eigenvalue weighted by atomic mass is 16.5. The SMILES string of the molecule is CCOCCCNC(=O)C(=O)N1CCC(C(=O)OCC)CC1. The van der Waals surface area contributed by atoms with Gasteiger partial charge in [-0.25, -0.2) is 0 Å². The number of carbonyl (C=O) groups is 3. The van der Waals surface area contributed by atoms with E-state index >= 15 is 0 Å².